The van der Waals surface area contributed by atoms with E-state index in [0.717, 1.165) is 55.1 Å². The Hall–Kier alpha value is -3.45. The number of methoxy groups -OCH3 is 1. The molecule has 5 rings (SSSR count). The van der Waals surface area contributed by atoms with Gasteiger partial charge in [-0.2, -0.15) is 5.10 Å². The highest BCUT2D eigenvalue weighted by molar-refractivity contribution is 5.71. The second kappa shape index (κ2) is 9.43. The molecule has 2 aromatic heterocycles. The largest absolute Gasteiger partial charge is 0.496 e. The van der Waals surface area contributed by atoms with Crippen LogP contribution >= 0.6 is 0 Å². The minimum atomic E-state index is -0.318. The zero-order chi connectivity index (χ0) is 23.7. The van der Waals surface area contributed by atoms with Crippen molar-refractivity contribution in [1.82, 2.24) is 19.5 Å². The lowest BCUT2D eigenvalue weighted by atomic mass is 9.96. The Labute approximate surface area is 199 Å². The third-order valence-electron chi connectivity index (χ3n) is 6.63. The fourth-order valence-corrected chi connectivity index (χ4v) is 4.64. The Morgan fingerprint density at radius 3 is 2.50 bits per heavy atom. The van der Waals surface area contributed by atoms with Crippen molar-refractivity contribution in [1.29, 1.82) is 0 Å². The summed E-state index contributed by atoms with van der Waals surface area (Å²) in [6, 6.07) is 17.3. The van der Waals surface area contributed by atoms with Gasteiger partial charge >= 0.3 is 0 Å². The van der Waals surface area contributed by atoms with Crippen molar-refractivity contribution < 1.29 is 9.13 Å². The minimum Gasteiger partial charge on any atom is -0.496 e. The van der Waals surface area contributed by atoms with Gasteiger partial charge in [0.15, 0.2) is 11.5 Å². The van der Waals surface area contributed by atoms with Crippen LogP contribution in [0.1, 0.15) is 30.1 Å². The van der Waals surface area contributed by atoms with Crippen molar-refractivity contribution in [3.05, 3.63) is 78.0 Å². The number of halogens is 1. The second-order valence-corrected chi connectivity index (χ2v) is 9.15. The van der Waals surface area contributed by atoms with Gasteiger partial charge in [0.05, 0.1) is 7.11 Å². The molecule has 0 aliphatic carbocycles. The number of hydrogen-bond donors (Lipinski definition) is 0. The number of hydrogen-bond acceptors (Lipinski definition) is 5. The van der Waals surface area contributed by atoms with Gasteiger partial charge in [-0.05, 0) is 67.9 Å². The van der Waals surface area contributed by atoms with Gasteiger partial charge in [-0.1, -0.05) is 12.1 Å². The SMILES string of the molecule is COc1cc(F)ccc1-c1ccc2nc(C3CCN(Cc4ccc(N(C)C)cc4)CC3)nn2c1. The third-order valence-corrected chi connectivity index (χ3v) is 6.63. The first kappa shape index (κ1) is 22.3. The van der Waals surface area contributed by atoms with E-state index >= 15 is 0 Å². The molecule has 2 aromatic carbocycles. The van der Waals surface area contributed by atoms with E-state index in [1.54, 1.807) is 13.2 Å². The van der Waals surface area contributed by atoms with E-state index in [9.17, 15) is 4.39 Å². The van der Waals surface area contributed by atoms with Crippen LogP contribution in [-0.2, 0) is 6.54 Å². The maximum Gasteiger partial charge on any atom is 0.155 e. The van der Waals surface area contributed by atoms with Gasteiger partial charge in [0.2, 0.25) is 0 Å². The van der Waals surface area contributed by atoms with E-state index in [0.29, 0.717) is 11.7 Å². The summed E-state index contributed by atoms with van der Waals surface area (Å²) < 4.78 is 20.8. The average molecular weight is 460 g/mol. The summed E-state index contributed by atoms with van der Waals surface area (Å²) in [6.07, 6.45) is 4.03. The number of likely N-dealkylation sites (tertiary alicyclic amines) is 1. The number of rotatable bonds is 6. The minimum absolute atomic E-state index is 0.318. The molecule has 0 amide bonds. The third kappa shape index (κ3) is 4.61. The number of pyridine rings is 1. The smallest absolute Gasteiger partial charge is 0.155 e. The molecule has 0 atom stereocenters. The molecule has 0 unspecified atom stereocenters. The summed E-state index contributed by atoms with van der Waals surface area (Å²) >= 11 is 0. The molecule has 1 saturated heterocycles. The van der Waals surface area contributed by atoms with Crippen LogP contribution in [0.5, 0.6) is 5.75 Å². The quantitative estimate of drug-likeness (QED) is 0.407. The summed E-state index contributed by atoms with van der Waals surface area (Å²) in [5.41, 5.74) is 5.13. The van der Waals surface area contributed by atoms with Gasteiger partial charge in [-0.15, -0.1) is 0 Å². The number of benzene rings is 2. The standard InChI is InChI=1S/C27H30FN5O/c1-31(2)23-8-4-19(5-9-23)17-32-14-12-20(13-15-32)27-29-26-11-6-21(18-33(26)30-27)24-10-7-22(28)16-25(24)34-3/h4-11,16,18,20H,12-15,17H2,1-3H3. The lowest BCUT2D eigenvalue weighted by Crippen LogP contribution is -2.32. The van der Waals surface area contributed by atoms with Gasteiger partial charge in [0, 0.05) is 55.6 Å². The first-order chi connectivity index (χ1) is 16.5. The maximum absolute atomic E-state index is 13.6. The van der Waals surface area contributed by atoms with E-state index in [1.807, 2.05) is 22.8 Å². The summed E-state index contributed by atoms with van der Waals surface area (Å²) in [5, 5.41) is 4.80. The average Bonchev–Trinajstić information content (AvgIpc) is 3.28. The van der Waals surface area contributed by atoms with Crippen molar-refractivity contribution in [3.63, 3.8) is 0 Å². The summed E-state index contributed by atoms with van der Waals surface area (Å²) in [4.78, 5) is 9.43. The molecule has 0 N–H and O–H groups in total. The highest BCUT2D eigenvalue weighted by atomic mass is 19.1. The number of ether oxygens (including phenoxy) is 1. The highest BCUT2D eigenvalue weighted by Gasteiger charge is 2.24. The van der Waals surface area contributed by atoms with Crippen molar-refractivity contribution in [2.45, 2.75) is 25.3 Å². The molecule has 3 heterocycles. The van der Waals surface area contributed by atoms with Crippen LogP contribution in [0, 0.1) is 5.82 Å². The molecule has 1 aliphatic rings. The maximum atomic E-state index is 13.6. The Kier molecular flexibility index (Phi) is 6.20. The monoisotopic (exact) mass is 459 g/mol. The number of aromatic nitrogens is 3. The first-order valence-corrected chi connectivity index (χ1v) is 11.7. The van der Waals surface area contributed by atoms with Gasteiger partial charge in [-0.3, -0.25) is 4.90 Å². The lowest BCUT2D eigenvalue weighted by Gasteiger charge is -2.30. The second-order valence-electron chi connectivity index (χ2n) is 9.15. The molecule has 0 bridgehead atoms. The molecule has 0 spiro atoms. The Morgan fingerprint density at radius 2 is 1.79 bits per heavy atom. The van der Waals surface area contributed by atoms with Crippen molar-refractivity contribution >= 4 is 11.3 Å². The summed E-state index contributed by atoms with van der Waals surface area (Å²) in [5.74, 6) is 1.44. The fourth-order valence-electron chi connectivity index (χ4n) is 4.64. The molecule has 0 saturated carbocycles. The molecule has 0 radical (unpaired) electrons. The molecular weight excluding hydrogens is 429 g/mol. The van der Waals surface area contributed by atoms with Crippen LogP contribution < -0.4 is 9.64 Å². The van der Waals surface area contributed by atoms with Gasteiger partial charge in [0.25, 0.3) is 0 Å². The fraction of sp³-hybridized carbons (Fsp3) is 0.333. The van der Waals surface area contributed by atoms with Crippen molar-refractivity contribution in [3.8, 4) is 16.9 Å². The number of anilines is 1. The van der Waals surface area contributed by atoms with E-state index < -0.39 is 0 Å². The predicted molar refractivity (Wildman–Crippen MR) is 133 cm³/mol. The van der Waals surface area contributed by atoms with E-state index in [-0.39, 0.29) is 5.82 Å². The first-order valence-electron chi connectivity index (χ1n) is 11.7. The zero-order valence-corrected chi connectivity index (χ0v) is 19.9. The molecule has 34 heavy (non-hydrogen) atoms. The van der Waals surface area contributed by atoms with Crippen LogP contribution in [0.2, 0.25) is 0 Å². The van der Waals surface area contributed by atoms with Crippen molar-refractivity contribution in [2.24, 2.45) is 0 Å². The molecule has 7 heteroatoms. The summed E-state index contributed by atoms with van der Waals surface area (Å²) in [6.45, 7) is 3.04. The predicted octanol–water partition coefficient (Wildman–Crippen LogP) is 4.99. The Balaban J connectivity index is 1.26. The normalized spacial score (nSPS) is 15.1. The Bertz CT molecular complexity index is 1280. The molecule has 1 aliphatic heterocycles. The lowest BCUT2D eigenvalue weighted by molar-refractivity contribution is 0.202. The number of piperidine rings is 1. The van der Waals surface area contributed by atoms with Crippen LogP contribution in [0.3, 0.4) is 0 Å². The highest BCUT2D eigenvalue weighted by Crippen LogP contribution is 2.32. The van der Waals surface area contributed by atoms with Crippen LogP contribution in [-0.4, -0.2) is 53.8 Å². The molecule has 4 aromatic rings. The topological polar surface area (TPSA) is 45.9 Å². The van der Waals surface area contributed by atoms with Gasteiger partial charge in [-0.25, -0.2) is 13.9 Å². The molecule has 176 valence electrons. The summed E-state index contributed by atoms with van der Waals surface area (Å²) in [7, 11) is 5.68. The Morgan fingerprint density at radius 1 is 1.03 bits per heavy atom. The van der Waals surface area contributed by atoms with Crippen LogP contribution in [0.15, 0.2) is 60.8 Å². The molecule has 1 fully saturated rings. The zero-order valence-electron chi connectivity index (χ0n) is 19.9. The van der Waals surface area contributed by atoms with E-state index in [4.69, 9.17) is 14.8 Å². The van der Waals surface area contributed by atoms with Crippen LogP contribution in [0.4, 0.5) is 10.1 Å². The molecule has 6 nitrogen and oxygen atoms in total. The van der Waals surface area contributed by atoms with E-state index in [2.05, 4.69) is 48.2 Å². The molecular formula is C27H30FN5O. The van der Waals surface area contributed by atoms with E-state index in [1.165, 1.54) is 23.4 Å². The van der Waals surface area contributed by atoms with Crippen molar-refractivity contribution in [2.75, 3.05) is 39.2 Å². The number of fused-ring (bicyclic) bond motifs is 1. The van der Waals surface area contributed by atoms with Crippen LogP contribution in [0.25, 0.3) is 16.8 Å². The van der Waals surface area contributed by atoms with Gasteiger partial charge in [0.1, 0.15) is 11.6 Å². The number of nitrogens with zero attached hydrogens (tertiary/aromatic N) is 5. The van der Waals surface area contributed by atoms with Gasteiger partial charge < -0.3 is 9.64 Å².